The lowest BCUT2D eigenvalue weighted by molar-refractivity contribution is -0.153. The topological polar surface area (TPSA) is 121 Å². The normalized spacial score (nSPS) is 21.0. The molecule has 1 aliphatic rings. The third kappa shape index (κ3) is 4.67. The van der Waals surface area contributed by atoms with E-state index >= 15 is 0 Å². The van der Waals surface area contributed by atoms with E-state index in [-0.39, 0.29) is 6.42 Å². The Morgan fingerprint density at radius 2 is 1.91 bits per heavy atom. The number of carboxylic acids is 2. The summed E-state index contributed by atoms with van der Waals surface area (Å²) in [5, 5.41) is 17.4. The quantitative estimate of drug-likeness (QED) is 0.610. The zero-order chi connectivity index (χ0) is 16.9. The van der Waals surface area contributed by atoms with E-state index in [1.807, 2.05) is 6.92 Å². The van der Waals surface area contributed by atoms with Gasteiger partial charge in [-0.05, 0) is 19.8 Å². The molecule has 1 aliphatic carbocycles. The van der Waals surface area contributed by atoms with Gasteiger partial charge in [-0.2, -0.15) is 0 Å². The summed E-state index contributed by atoms with van der Waals surface area (Å²) in [4.78, 5) is 22.3. The van der Waals surface area contributed by atoms with Crippen molar-refractivity contribution in [2.45, 2.75) is 31.9 Å². The molecule has 22 heavy (non-hydrogen) atoms. The summed E-state index contributed by atoms with van der Waals surface area (Å²) in [6.07, 6.45) is 5.44. The highest BCUT2D eigenvalue weighted by molar-refractivity contribution is 7.90. The first kappa shape index (κ1) is 18.4. The van der Waals surface area contributed by atoms with Crippen LogP contribution >= 0.6 is 0 Å². The Morgan fingerprint density at radius 3 is 2.32 bits per heavy atom. The number of sulfonamides is 1. The fourth-order valence-corrected chi connectivity index (χ4v) is 3.54. The average molecular weight is 331 g/mol. The number of allylic oxidation sites excluding steroid dienone is 3. The number of carbonyl (C=O) groups is 2. The van der Waals surface area contributed by atoms with E-state index in [9.17, 15) is 18.0 Å². The van der Waals surface area contributed by atoms with Crippen LogP contribution in [0.15, 0.2) is 23.8 Å². The zero-order valence-corrected chi connectivity index (χ0v) is 13.3. The second-order valence-corrected chi connectivity index (χ2v) is 7.26. The third-order valence-corrected chi connectivity index (χ3v) is 5.42. The van der Waals surface area contributed by atoms with Crippen molar-refractivity contribution in [3.63, 3.8) is 0 Å². The molecular weight excluding hydrogens is 310 g/mol. The molecule has 0 heterocycles. The van der Waals surface area contributed by atoms with E-state index in [1.54, 1.807) is 25.2 Å². The second kappa shape index (κ2) is 7.55. The minimum absolute atomic E-state index is 0.110. The molecule has 0 spiro atoms. The highest BCUT2D eigenvalue weighted by atomic mass is 32.2. The van der Waals surface area contributed by atoms with Crippen molar-refractivity contribution in [1.82, 2.24) is 4.72 Å². The lowest BCUT2D eigenvalue weighted by Crippen LogP contribution is -2.42. The van der Waals surface area contributed by atoms with Gasteiger partial charge in [-0.15, -0.1) is 0 Å². The molecule has 3 N–H and O–H groups in total. The van der Waals surface area contributed by atoms with Gasteiger partial charge in [0.25, 0.3) is 0 Å². The third-order valence-electron chi connectivity index (χ3n) is 3.71. The molecule has 0 saturated heterocycles. The number of hydrogen-bond donors (Lipinski definition) is 3. The van der Waals surface area contributed by atoms with Gasteiger partial charge < -0.3 is 10.2 Å². The van der Waals surface area contributed by atoms with E-state index in [0.717, 1.165) is 5.57 Å². The summed E-state index contributed by atoms with van der Waals surface area (Å²) in [5.74, 6) is -5.01. The van der Waals surface area contributed by atoms with Crippen molar-refractivity contribution in [2.24, 2.45) is 11.8 Å². The number of hydrogen-bond acceptors (Lipinski definition) is 4. The molecule has 0 aliphatic heterocycles. The van der Waals surface area contributed by atoms with Crippen LogP contribution in [0.2, 0.25) is 0 Å². The van der Waals surface area contributed by atoms with Crippen LogP contribution in [0.1, 0.15) is 26.7 Å². The van der Waals surface area contributed by atoms with Crippen LogP contribution in [0.25, 0.3) is 0 Å². The molecule has 0 aromatic heterocycles. The summed E-state index contributed by atoms with van der Waals surface area (Å²) in [6.45, 7) is 2.97. The van der Waals surface area contributed by atoms with Gasteiger partial charge in [0.2, 0.25) is 10.0 Å². The first-order valence-electron chi connectivity index (χ1n) is 6.98. The van der Waals surface area contributed by atoms with Gasteiger partial charge in [0.1, 0.15) is 0 Å². The fraction of sp³-hybridized carbons (Fsp3) is 0.571. The van der Waals surface area contributed by atoms with Crippen molar-refractivity contribution in [1.29, 1.82) is 0 Å². The Bertz CT molecular complexity index is 592. The van der Waals surface area contributed by atoms with Crippen molar-refractivity contribution in [2.75, 3.05) is 6.54 Å². The summed E-state index contributed by atoms with van der Waals surface area (Å²) in [6, 6.07) is 0. The van der Waals surface area contributed by atoms with Gasteiger partial charge in [-0.3, -0.25) is 9.59 Å². The van der Waals surface area contributed by atoms with Crippen LogP contribution < -0.4 is 4.72 Å². The monoisotopic (exact) mass is 331 g/mol. The average Bonchev–Trinajstić information content (AvgIpc) is 2.43. The summed E-state index contributed by atoms with van der Waals surface area (Å²) in [5.41, 5.74) is 0.965. The van der Waals surface area contributed by atoms with Crippen LogP contribution in [0.4, 0.5) is 0 Å². The Morgan fingerprint density at radius 1 is 1.32 bits per heavy atom. The molecule has 0 amide bonds. The second-order valence-electron chi connectivity index (χ2n) is 5.27. The van der Waals surface area contributed by atoms with Gasteiger partial charge >= 0.3 is 11.9 Å². The molecule has 0 radical (unpaired) electrons. The largest absolute Gasteiger partial charge is 0.481 e. The fourth-order valence-electron chi connectivity index (χ4n) is 2.28. The minimum atomic E-state index is -3.74. The summed E-state index contributed by atoms with van der Waals surface area (Å²) < 4.78 is 26.6. The SMILES string of the molecule is CC[C@H](C(=O)O)[C@H](CNS(=O)(=O)[C@H]1C=CC(C)=CC1)C(=O)O. The Balaban J connectivity index is 2.78. The van der Waals surface area contributed by atoms with Crippen LogP contribution in [0.5, 0.6) is 0 Å². The first-order chi connectivity index (χ1) is 10.2. The zero-order valence-electron chi connectivity index (χ0n) is 12.5. The predicted octanol–water partition coefficient (Wildman–Crippen LogP) is 0.992. The number of nitrogens with one attached hydrogen (secondary N) is 1. The maximum absolute atomic E-state index is 12.2. The first-order valence-corrected chi connectivity index (χ1v) is 8.52. The molecule has 7 nitrogen and oxygen atoms in total. The van der Waals surface area contributed by atoms with Gasteiger partial charge in [0.05, 0.1) is 17.1 Å². The lowest BCUT2D eigenvalue weighted by atomic mass is 9.90. The maximum atomic E-state index is 12.2. The molecule has 0 aromatic carbocycles. The van der Waals surface area contributed by atoms with Crippen LogP contribution in [-0.2, 0) is 19.6 Å². The minimum Gasteiger partial charge on any atom is -0.481 e. The Hall–Kier alpha value is -1.67. The summed E-state index contributed by atoms with van der Waals surface area (Å²) in [7, 11) is -3.74. The van der Waals surface area contributed by atoms with E-state index in [4.69, 9.17) is 10.2 Å². The Kier molecular flexibility index (Phi) is 6.31. The van der Waals surface area contributed by atoms with E-state index < -0.39 is 45.6 Å². The van der Waals surface area contributed by atoms with Crippen LogP contribution in [0, 0.1) is 11.8 Å². The van der Waals surface area contributed by atoms with Crippen molar-refractivity contribution in [3.8, 4) is 0 Å². The molecule has 3 atom stereocenters. The van der Waals surface area contributed by atoms with Crippen molar-refractivity contribution < 1.29 is 28.2 Å². The van der Waals surface area contributed by atoms with Gasteiger partial charge in [-0.1, -0.05) is 30.7 Å². The molecule has 8 heteroatoms. The molecule has 0 bridgehead atoms. The van der Waals surface area contributed by atoms with E-state index in [1.165, 1.54) is 0 Å². The maximum Gasteiger partial charge on any atom is 0.308 e. The number of carboxylic acid groups (broad SMARTS) is 2. The predicted molar refractivity (Wildman–Crippen MR) is 80.8 cm³/mol. The van der Waals surface area contributed by atoms with Crippen LogP contribution in [0.3, 0.4) is 0 Å². The number of aliphatic carboxylic acids is 2. The van der Waals surface area contributed by atoms with Gasteiger partial charge in [0, 0.05) is 6.54 Å². The van der Waals surface area contributed by atoms with Crippen molar-refractivity contribution >= 4 is 22.0 Å². The molecule has 0 saturated carbocycles. The number of rotatable bonds is 8. The van der Waals surface area contributed by atoms with Crippen molar-refractivity contribution in [3.05, 3.63) is 23.8 Å². The smallest absolute Gasteiger partial charge is 0.308 e. The summed E-state index contributed by atoms with van der Waals surface area (Å²) >= 11 is 0. The van der Waals surface area contributed by atoms with Crippen LogP contribution in [-0.4, -0.2) is 42.4 Å². The molecule has 0 aromatic rings. The molecule has 124 valence electrons. The Labute approximate surface area is 129 Å². The molecule has 1 rings (SSSR count). The standard InChI is InChI=1S/C14H21NO6S/c1-3-11(13(16)17)12(14(18)19)8-15-22(20,21)10-6-4-9(2)5-7-10/h4-6,10-12,15H,3,7-8H2,1-2H3,(H,16,17)(H,18,19)/t10-,11-,12-/m0/s1. The van der Waals surface area contributed by atoms with Gasteiger partial charge in [0.15, 0.2) is 0 Å². The lowest BCUT2D eigenvalue weighted by Gasteiger charge is -2.21. The van der Waals surface area contributed by atoms with E-state index in [0.29, 0.717) is 6.42 Å². The molecular formula is C14H21NO6S. The van der Waals surface area contributed by atoms with Gasteiger partial charge in [-0.25, -0.2) is 13.1 Å². The molecule has 0 unspecified atom stereocenters. The highest BCUT2D eigenvalue weighted by Gasteiger charge is 2.34. The highest BCUT2D eigenvalue weighted by Crippen LogP contribution is 2.19. The molecule has 0 fully saturated rings. The van der Waals surface area contributed by atoms with E-state index in [2.05, 4.69) is 4.72 Å².